The molecule has 1 aromatic carbocycles. The van der Waals surface area contributed by atoms with E-state index >= 15 is 0 Å². The van der Waals surface area contributed by atoms with Crippen LogP contribution in [0.5, 0.6) is 0 Å². The van der Waals surface area contributed by atoms with Gasteiger partial charge in [-0.25, -0.2) is 0 Å². The van der Waals surface area contributed by atoms with Crippen LogP contribution in [0.3, 0.4) is 0 Å². The number of hydrogen-bond acceptors (Lipinski definition) is 2. The zero-order valence-electron chi connectivity index (χ0n) is 13.4. The van der Waals surface area contributed by atoms with Gasteiger partial charge in [-0.3, -0.25) is 0 Å². The van der Waals surface area contributed by atoms with Crippen molar-refractivity contribution >= 4 is 0 Å². The highest BCUT2D eigenvalue weighted by atomic mass is 16.5. The predicted molar refractivity (Wildman–Crippen MR) is 85.1 cm³/mol. The van der Waals surface area contributed by atoms with Gasteiger partial charge in [0.15, 0.2) is 0 Å². The first-order valence-corrected chi connectivity index (χ1v) is 7.94. The van der Waals surface area contributed by atoms with Crippen molar-refractivity contribution in [2.45, 2.75) is 52.0 Å². The average molecular weight is 275 g/mol. The Hall–Kier alpha value is -0.860. The summed E-state index contributed by atoms with van der Waals surface area (Å²) >= 11 is 0. The van der Waals surface area contributed by atoms with E-state index in [9.17, 15) is 0 Å². The van der Waals surface area contributed by atoms with E-state index in [1.165, 1.54) is 24.0 Å². The van der Waals surface area contributed by atoms with Crippen LogP contribution in [0.25, 0.3) is 0 Å². The highest BCUT2D eigenvalue weighted by molar-refractivity contribution is 5.29. The van der Waals surface area contributed by atoms with E-state index in [2.05, 4.69) is 57.3 Å². The van der Waals surface area contributed by atoms with Crippen LogP contribution in [0, 0.1) is 5.92 Å². The summed E-state index contributed by atoms with van der Waals surface area (Å²) in [6.45, 7) is 11.8. The fourth-order valence-corrected chi connectivity index (χ4v) is 3.00. The van der Waals surface area contributed by atoms with Crippen molar-refractivity contribution in [3.05, 3.63) is 35.4 Å². The number of ether oxygens (including phenoxy) is 1. The second-order valence-electron chi connectivity index (χ2n) is 6.88. The fraction of sp³-hybridized carbons (Fsp3) is 0.667. The average Bonchev–Trinajstić information content (AvgIpc) is 2.45. The van der Waals surface area contributed by atoms with Gasteiger partial charge in [0, 0.05) is 18.6 Å². The van der Waals surface area contributed by atoms with Crippen LogP contribution in [0.2, 0.25) is 0 Å². The Balaban J connectivity index is 2.16. The molecular weight excluding hydrogens is 246 g/mol. The van der Waals surface area contributed by atoms with E-state index in [1.54, 1.807) is 0 Å². The molecule has 20 heavy (non-hydrogen) atoms. The highest BCUT2D eigenvalue weighted by Crippen LogP contribution is 2.30. The summed E-state index contributed by atoms with van der Waals surface area (Å²) in [5, 5.41) is 3.65. The lowest BCUT2D eigenvalue weighted by molar-refractivity contribution is 0.0393. The number of rotatable bonds is 4. The standard InChI is InChI=1S/C18H29NO/c1-5-19-17(15-7-6-12-20-13-15)14-8-10-16(11-9-14)18(2,3)4/h8-11,15,17,19H,5-7,12-13H2,1-4H3. The lowest BCUT2D eigenvalue weighted by atomic mass is 9.84. The Kier molecular flexibility index (Phi) is 5.22. The molecule has 2 nitrogen and oxygen atoms in total. The van der Waals surface area contributed by atoms with E-state index in [-0.39, 0.29) is 5.41 Å². The molecule has 1 N–H and O–H groups in total. The number of hydrogen-bond donors (Lipinski definition) is 1. The smallest absolute Gasteiger partial charge is 0.0512 e. The molecule has 1 saturated heterocycles. The first-order valence-electron chi connectivity index (χ1n) is 7.94. The van der Waals surface area contributed by atoms with Crippen molar-refractivity contribution in [2.75, 3.05) is 19.8 Å². The van der Waals surface area contributed by atoms with Crippen LogP contribution in [0.1, 0.15) is 57.7 Å². The van der Waals surface area contributed by atoms with Crippen molar-refractivity contribution in [1.82, 2.24) is 5.32 Å². The molecule has 0 amide bonds. The first kappa shape index (κ1) is 15.5. The molecule has 2 atom stereocenters. The Labute approximate surface area is 123 Å². The summed E-state index contributed by atoms with van der Waals surface area (Å²) in [7, 11) is 0. The number of benzene rings is 1. The molecule has 2 rings (SSSR count). The Morgan fingerprint density at radius 2 is 1.95 bits per heavy atom. The van der Waals surface area contributed by atoms with Gasteiger partial charge < -0.3 is 10.1 Å². The normalized spacial score (nSPS) is 21.7. The Bertz CT molecular complexity index is 398. The first-order chi connectivity index (χ1) is 9.52. The zero-order chi connectivity index (χ0) is 14.6. The molecule has 0 aliphatic carbocycles. The van der Waals surface area contributed by atoms with Crippen LogP contribution < -0.4 is 5.32 Å². The van der Waals surface area contributed by atoms with Crippen molar-refractivity contribution in [1.29, 1.82) is 0 Å². The van der Waals surface area contributed by atoms with E-state index in [1.807, 2.05) is 0 Å². The third-order valence-electron chi connectivity index (χ3n) is 4.23. The molecule has 0 saturated carbocycles. The largest absolute Gasteiger partial charge is 0.381 e. The fourth-order valence-electron chi connectivity index (χ4n) is 3.00. The molecule has 1 heterocycles. The van der Waals surface area contributed by atoms with Gasteiger partial charge in [-0.05, 0) is 35.9 Å². The summed E-state index contributed by atoms with van der Waals surface area (Å²) in [5.74, 6) is 0.601. The zero-order valence-corrected chi connectivity index (χ0v) is 13.4. The summed E-state index contributed by atoms with van der Waals surface area (Å²) in [4.78, 5) is 0. The molecule has 0 radical (unpaired) electrons. The third-order valence-corrected chi connectivity index (χ3v) is 4.23. The summed E-state index contributed by atoms with van der Waals surface area (Å²) in [6.07, 6.45) is 2.45. The Morgan fingerprint density at radius 1 is 1.25 bits per heavy atom. The SMILES string of the molecule is CCNC(c1ccc(C(C)(C)C)cc1)C1CCCOC1. The lowest BCUT2D eigenvalue weighted by Crippen LogP contribution is -2.33. The molecule has 1 aromatic rings. The van der Waals surface area contributed by atoms with E-state index in [0.717, 1.165) is 19.8 Å². The van der Waals surface area contributed by atoms with Crippen LogP contribution >= 0.6 is 0 Å². The quantitative estimate of drug-likeness (QED) is 0.894. The van der Waals surface area contributed by atoms with Gasteiger partial charge in [0.25, 0.3) is 0 Å². The van der Waals surface area contributed by atoms with Gasteiger partial charge in [-0.2, -0.15) is 0 Å². The van der Waals surface area contributed by atoms with Gasteiger partial charge in [0.1, 0.15) is 0 Å². The molecule has 0 aromatic heterocycles. The van der Waals surface area contributed by atoms with E-state index in [0.29, 0.717) is 12.0 Å². The summed E-state index contributed by atoms with van der Waals surface area (Å²) in [5.41, 5.74) is 3.02. The minimum Gasteiger partial charge on any atom is -0.381 e. The molecule has 0 spiro atoms. The molecule has 112 valence electrons. The maximum Gasteiger partial charge on any atom is 0.0512 e. The third kappa shape index (κ3) is 3.83. The maximum absolute atomic E-state index is 5.67. The minimum atomic E-state index is 0.222. The van der Waals surface area contributed by atoms with Crippen LogP contribution in [0.4, 0.5) is 0 Å². The molecule has 0 bridgehead atoms. The van der Waals surface area contributed by atoms with E-state index < -0.39 is 0 Å². The number of nitrogens with one attached hydrogen (secondary N) is 1. The topological polar surface area (TPSA) is 21.3 Å². The molecule has 1 aliphatic heterocycles. The summed E-state index contributed by atoms with van der Waals surface area (Å²) < 4.78 is 5.67. The van der Waals surface area contributed by atoms with Crippen molar-refractivity contribution in [3.63, 3.8) is 0 Å². The molecular formula is C18H29NO. The maximum atomic E-state index is 5.67. The minimum absolute atomic E-state index is 0.222. The van der Waals surface area contributed by atoms with Crippen molar-refractivity contribution < 1.29 is 4.74 Å². The predicted octanol–water partition coefficient (Wildman–Crippen LogP) is 4.06. The van der Waals surface area contributed by atoms with Gasteiger partial charge in [0.05, 0.1) is 6.61 Å². The van der Waals surface area contributed by atoms with Crippen molar-refractivity contribution in [2.24, 2.45) is 5.92 Å². The molecule has 1 fully saturated rings. The van der Waals surface area contributed by atoms with E-state index in [4.69, 9.17) is 4.74 Å². The summed E-state index contributed by atoms with van der Waals surface area (Å²) in [6, 6.07) is 9.58. The molecule has 2 heteroatoms. The van der Waals surface area contributed by atoms with Gasteiger partial charge in [0.2, 0.25) is 0 Å². The second-order valence-corrected chi connectivity index (χ2v) is 6.88. The molecule has 1 aliphatic rings. The Morgan fingerprint density at radius 3 is 2.45 bits per heavy atom. The van der Waals surface area contributed by atoms with Crippen LogP contribution in [-0.2, 0) is 10.2 Å². The van der Waals surface area contributed by atoms with Crippen LogP contribution in [-0.4, -0.2) is 19.8 Å². The van der Waals surface area contributed by atoms with Gasteiger partial charge in [-0.1, -0.05) is 52.0 Å². The van der Waals surface area contributed by atoms with Crippen molar-refractivity contribution in [3.8, 4) is 0 Å². The lowest BCUT2D eigenvalue weighted by Gasteiger charge is -2.31. The van der Waals surface area contributed by atoms with Gasteiger partial charge in [-0.15, -0.1) is 0 Å². The second kappa shape index (κ2) is 6.73. The van der Waals surface area contributed by atoms with Gasteiger partial charge >= 0.3 is 0 Å². The van der Waals surface area contributed by atoms with Crippen LogP contribution in [0.15, 0.2) is 24.3 Å². The monoisotopic (exact) mass is 275 g/mol. The highest BCUT2D eigenvalue weighted by Gasteiger charge is 2.25. The molecule has 2 unspecified atom stereocenters.